The van der Waals surface area contributed by atoms with Gasteiger partial charge in [-0.15, -0.1) is 12.4 Å². The Morgan fingerprint density at radius 2 is 1.70 bits per heavy atom. The van der Waals surface area contributed by atoms with Crippen molar-refractivity contribution in [2.24, 2.45) is 0 Å². The minimum absolute atomic E-state index is 0. The molecule has 0 heterocycles. The lowest BCUT2D eigenvalue weighted by molar-refractivity contribution is 0.0942. The number of hydrogen-bond donors (Lipinski definition) is 2. The van der Waals surface area contributed by atoms with Crippen LogP contribution in [0.4, 0.5) is 5.69 Å². The van der Waals surface area contributed by atoms with Crippen molar-refractivity contribution in [2.45, 2.75) is 12.8 Å². The Kier molecular flexibility index (Phi) is 8.80. The normalized spacial score (nSPS) is 9.91. The van der Waals surface area contributed by atoms with Crippen molar-refractivity contribution in [1.29, 1.82) is 0 Å². The van der Waals surface area contributed by atoms with Gasteiger partial charge in [0.25, 0.3) is 5.91 Å². The first-order valence-corrected chi connectivity index (χ1v) is 7.51. The zero-order valence-corrected chi connectivity index (χ0v) is 13.9. The fourth-order valence-electron chi connectivity index (χ4n) is 2.05. The second-order valence-corrected chi connectivity index (χ2v) is 5.08. The first-order chi connectivity index (χ1) is 10.8. The van der Waals surface area contributed by atoms with Gasteiger partial charge >= 0.3 is 0 Å². The van der Waals surface area contributed by atoms with E-state index in [1.165, 1.54) is 5.56 Å². The largest absolute Gasteiger partial charge is 0.399 e. The van der Waals surface area contributed by atoms with Crippen LogP contribution in [0.25, 0.3) is 0 Å². The van der Waals surface area contributed by atoms with Gasteiger partial charge in [-0.05, 0) is 42.7 Å². The van der Waals surface area contributed by atoms with E-state index in [4.69, 9.17) is 10.5 Å². The van der Waals surface area contributed by atoms with Crippen LogP contribution in [0, 0.1) is 0 Å². The number of carbonyl (C=O) groups excluding carboxylic acids is 1. The van der Waals surface area contributed by atoms with Gasteiger partial charge in [0.15, 0.2) is 0 Å². The van der Waals surface area contributed by atoms with Crippen molar-refractivity contribution in [3.05, 3.63) is 65.7 Å². The molecule has 0 atom stereocenters. The second kappa shape index (κ2) is 10.6. The van der Waals surface area contributed by atoms with Gasteiger partial charge in [-0.1, -0.05) is 30.3 Å². The topological polar surface area (TPSA) is 64.4 Å². The maximum Gasteiger partial charge on any atom is 0.251 e. The predicted molar refractivity (Wildman–Crippen MR) is 96.0 cm³/mol. The molecule has 0 bridgehead atoms. The van der Waals surface area contributed by atoms with Gasteiger partial charge < -0.3 is 15.8 Å². The van der Waals surface area contributed by atoms with E-state index in [2.05, 4.69) is 17.4 Å². The number of amides is 1. The molecule has 23 heavy (non-hydrogen) atoms. The van der Waals surface area contributed by atoms with Gasteiger partial charge in [0.2, 0.25) is 0 Å². The first kappa shape index (κ1) is 19.0. The van der Waals surface area contributed by atoms with Gasteiger partial charge in [-0.3, -0.25) is 4.79 Å². The van der Waals surface area contributed by atoms with Crippen LogP contribution in [-0.4, -0.2) is 25.7 Å². The number of nitrogens with one attached hydrogen (secondary N) is 1. The molecule has 0 aromatic heterocycles. The molecule has 124 valence electrons. The number of benzene rings is 2. The van der Waals surface area contributed by atoms with Crippen LogP contribution in [0.5, 0.6) is 0 Å². The van der Waals surface area contributed by atoms with Crippen molar-refractivity contribution in [3.8, 4) is 0 Å². The lowest BCUT2D eigenvalue weighted by atomic mass is 10.2. The van der Waals surface area contributed by atoms with Crippen LogP contribution in [0.3, 0.4) is 0 Å². The number of rotatable bonds is 8. The van der Waals surface area contributed by atoms with Crippen molar-refractivity contribution in [2.75, 3.05) is 25.5 Å². The molecule has 0 radical (unpaired) electrons. The molecule has 0 aliphatic rings. The number of halogens is 1. The predicted octanol–water partition coefficient (Wildman–Crippen LogP) is 3.07. The minimum Gasteiger partial charge on any atom is -0.399 e. The molecular formula is C18H23ClN2O2. The summed E-state index contributed by atoms with van der Waals surface area (Å²) >= 11 is 0. The lowest BCUT2D eigenvalue weighted by Crippen LogP contribution is -2.25. The molecule has 0 fully saturated rings. The van der Waals surface area contributed by atoms with Crippen LogP contribution in [0.1, 0.15) is 22.3 Å². The van der Waals surface area contributed by atoms with Gasteiger partial charge in [0.1, 0.15) is 0 Å². The summed E-state index contributed by atoms with van der Waals surface area (Å²) in [6, 6.07) is 17.1. The Balaban J connectivity index is 0.00000264. The summed E-state index contributed by atoms with van der Waals surface area (Å²) in [7, 11) is 0. The number of anilines is 1. The molecule has 5 heteroatoms. The van der Waals surface area contributed by atoms with Gasteiger partial charge in [0, 0.05) is 24.4 Å². The average molecular weight is 335 g/mol. The van der Waals surface area contributed by atoms with Crippen molar-refractivity contribution in [3.63, 3.8) is 0 Å². The third kappa shape index (κ3) is 7.17. The van der Waals surface area contributed by atoms with Crippen LogP contribution in [0.2, 0.25) is 0 Å². The molecule has 2 rings (SSSR count). The van der Waals surface area contributed by atoms with Gasteiger partial charge in [-0.2, -0.15) is 0 Å². The molecular weight excluding hydrogens is 312 g/mol. The fourth-order valence-corrected chi connectivity index (χ4v) is 2.05. The monoisotopic (exact) mass is 334 g/mol. The van der Waals surface area contributed by atoms with E-state index < -0.39 is 0 Å². The van der Waals surface area contributed by atoms with Crippen molar-refractivity contribution < 1.29 is 9.53 Å². The molecule has 0 saturated heterocycles. The highest BCUT2D eigenvalue weighted by molar-refractivity contribution is 5.94. The van der Waals surface area contributed by atoms with Crippen molar-refractivity contribution >= 4 is 24.0 Å². The maximum atomic E-state index is 11.8. The number of ether oxygens (including phenoxy) is 1. The molecule has 0 aliphatic heterocycles. The van der Waals surface area contributed by atoms with E-state index in [9.17, 15) is 4.79 Å². The van der Waals surface area contributed by atoms with E-state index in [0.717, 1.165) is 12.8 Å². The molecule has 2 aromatic carbocycles. The maximum absolute atomic E-state index is 11.8. The molecule has 2 aromatic rings. The second-order valence-electron chi connectivity index (χ2n) is 5.08. The minimum atomic E-state index is -0.0794. The Morgan fingerprint density at radius 3 is 2.39 bits per heavy atom. The lowest BCUT2D eigenvalue weighted by Gasteiger charge is -2.07. The van der Waals surface area contributed by atoms with E-state index in [-0.39, 0.29) is 18.3 Å². The van der Waals surface area contributed by atoms with E-state index in [1.807, 2.05) is 18.2 Å². The van der Waals surface area contributed by atoms with Crippen LogP contribution < -0.4 is 11.1 Å². The standard InChI is InChI=1S/C18H22N2O2.ClH/c19-17-9-7-16(8-10-17)18(21)20-12-4-13-22-14-11-15-5-2-1-3-6-15;/h1-3,5-10H,4,11-14,19H2,(H,20,21);1H. The summed E-state index contributed by atoms with van der Waals surface area (Å²) in [4.78, 5) is 11.8. The molecule has 1 amide bonds. The van der Waals surface area contributed by atoms with Crippen LogP contribution in [-0.2, 0) is 11.2 Å². The summed E-state index contributed by atoms with van der Waals surface area (Å²) in [6.07, 6.45) is 1.72. The highest BCUT2D eigenvalue weighted by atomic mass is 35.5. The highest BCUT2D eigenvalue weighted by Crippen LogP contribution is 2.05. The third-order valence-electron chi connectivity index (χ3n) is 3.30. The highest BCUT2D eigenvalue weighted by Gasteiger charge is 2.03. The summed E-state index contributed by atoms with van der Waals surface area (Å²) in [6.45, 7) is 1.96. The quantitative estimate of drug-likeness (QED) is 0.576. The summed E-state index contributed by atoms with van der Waals surface area (Å²) in [5.41, 5.74) is 8.15. The number of nitrogen functional groups attached to an aromatic ring is 1. The fraction of sp³-hybridized carbons (Fsp3) is 0.278. The molecule has 0 saturated carbocycles. The zero-order chi connectivity index (χ0) is 15.6. The Hall–Kier alpha value is -2.04. The zero-order valence-electron chi connectivity index (χ0n) is 13.0. The first-order valence-electron chi connectivity index (χ1n) is 7.51. The van der Waals surface area contributed by atoms with Crippen LogP contribution in [0.15, 0.2) is 54.6 Å². The Bertz CT molecular complexity index is 573. The number of hydrogen-bond acceptors (Lipinski definition) is 3. The molecule has 0 aliphatic carbocycles. The molecule has 4 nitrogen and oxygen atoms in total. The van der Waals surface area contributed by atoms with Crippen molar-refractivity contribution in [1.82, 2.24) is 5.32 Å². The summed E-state index contributed by atoms with van der Waals surface area (Å²) in [5.74, 6) is -0.0794. The van der Waals surface area contributed by atoms with E-state index >= 15 is 0 Å². The van der Waals surface area contributed by atoms with Gasteiger partial charge in [-0.25, -0.2) is 0 Å². The van der Waals surface area contributed by atoms with E-state index in [0.29, 0.717) is 31.0 Å². The average Bonchev–Trinajstić information content (AvgIpc) is 2.55. The summed E-state index contributed by atoms with van der Waals surface area (Å²) < 4.78 is 5.57. The van der Waals surface area contributed by atoms with Crippen LogP contribution >= 0.6 is 12.4 Å². The summed E-state index contributed by atoms with van der Waals surface area (Å²) in [5, 5.41) is 2.87. The SMILES string of the molecule is Cl.Nc1ccc(C(=O)NCCCOCCc2ccccc2)cc1. The third-order valence-corrected chi connectivity index (χ3v) is 3.30. The Labute approximate surface area is 143 Å². The smallest absolute Gasteiger partial charge is 0.251 e. The molecule has 0 unspecified atom stereocenters. The Morgan fingerprint density at radius 1 is 1.00 bits per heavy atom. The van der Waals surface area contributed by atoms with Gasteiger partial charge in [0.05, 0.1) is 6.61 Å². The molecule has 0 spiro atoms. The van der Waals surface area contributed by atoms with E-state index in [1.54, 1.807) is 24.3 Å². The molecule has 3 N–H and O–H groups in total. The number of nitrogens with two attached hydrogens (primary N) is 1. The number of carbonyl (C=O) groups is 1.